The fourth-order valence-corrected chi connectivity index (χ4v) is 2.65. The van der Waals surface area contributed by atoms with Crippen LogP contribution in [0.2, 0.25) is 0 Å². The number of nitrogens with two attached hydrogens (primary N) is 2. The van der Waals surface area contributed by atoms with Crippen LogP contribution in [-0.2, 0) is 13.1 Å². The number of nitrogens with zero attached hydrogens (tertiary/aromatic N) is 2. The highest BCUT2D eigenvalue weighted by Gasteiger charge is 2.18. The van der Waals surface area contributed by atoms with E-state index in [1.54, 1.807) is 0 Å². The van der Waals surface area contributed by atoms with Gasteiger partial charge >= 0.3 is 0 Å². The molecule has 1 heterocycles. The Hall–Kier alpha value is -0.820. The average Bonchev–Trinajstić information content (AvgIpc) is 2.40. The van der Waals surface area contributed by atoms with Crippen molar-refractivity contribution in [3.05, 3.63) is 35.4 Å². The second kappa shape index (κ2) is 8.46. The lowest BCUT2D eigenvalue weighted by molar-refractivity contribution is 0.152. The summed E-state index contributed by atoms with van der Waals surface area (Å²) in [5.74, 6) is 0.154. The Kier molecular flexibility index (Phi) is 7.29. The van der Waals surface area contributed by atoms with Crippen molar-refractivity contribution in [3.63, 3.8) is 0 Å². The zero-order valence-electron chi connectivity index (χ0n) is 12.1. The summed E-state index contributed by atoms with van der Waals surface area (Å²) >= 11 is 0. The molecule has 0 saturated carbocycles. The van der Waals surface area contributed by atoms with Crippen LogP contribution in [0.4, 0.5) is 0 Å². The zero-order valence-corrected chi connectivity index (χ0v) is 14.4. The van der Waals surface area contributed by atoms with E-state index in [9.17, 15) is 0 Å². The third-order valence-corrected chi connectivity index (χ3v) is 3.86. The minimum atomic E-state index is 0. The molecule has 5 heteroatoms. The summed E-state index contributed by atoms with van der Waals surface area (Å²) in [7, 11) is 0. The van der Waals surface area contributed by atoms with Gasteiger partial charge in [0.1, 0.15) is 0 Å². The number of benzene rings is 1. The molecule has 1 aromatic rings. The van der Waals surface area contributed by atoms with E-state index in [0.29, 0.717) is 12.6 Å². The molecule has 0 aromatic heterocycles. The van der Waals surface area contributed by atoms with Gasteiger partial charge in [-0.1, -0.05) is 30.7 Å². The molecule has 1 aromatic carbocycles. The number of piperidine rings is 1. The highest BCUT2D eigenvalue weighted by atomic mass is 127. The van der Waals surface area contributed by atoms with Gasteiger partial charge in [-0.15, -0.1) is 24.0 Å². The highest BCUT2D eigenvalue weighted by Crippen LogP contribution is 2.21. The van der Waals surface area contributed by atoms with E-state index in [0.717, 1.165) is 6.54 Å². The molecule has 4 nitrogen and oxygen atoms in total. The number of hydrogen-bond acceptors (Lipinski definition) is 2. The number of likely N-dealkylation sites (tertiary alicyclic amines) is 1. The van der Waals surface area contributed by atoms with Gasteiger partial charge in [-0.2, -0.15) is 0 Å². The van der Waals surface area contributed by atoms with E-state index in [2.05, 4.69) is 35.0 Å². The van der Waals surface area contributed by atoms with Crippen molar-refractivity contribution in [2.45, 2.75) is 45.3 Å². The van der Waals surface area contributed by atoms with E-state index in [4.69, 9.17) is 11.5 Å². The second-order valence-electron chi connectivity index (χ2n) is 5.33. The summed E-state index contributed by atoms with van der Waals surface area (Å²) in [6.07, 6.45) is 3.96. The molecule has 0 amide bonds. The van der Waals surface area contributed by atoms with Crippen LogP contribution >= 0.6 is 24.0 Å². The Morgan fingerprint density at radius 1 is 1.25 bits per heavy atom. The standard InChI is InChI=1S/C15H24N4.HI/c1-12-6-4-5-9-19(12)11-14-8-3-2-7-13(14)10-18-15(16)17;/h2-3,7-8,12H,4-6,9-11H2,1H3,(H4,16,17,18);1H. The van der Waals surface area contributed by atoms with E-state index in [1.807, 2.05) is 6.07 Å². The minimum Gasteiger partial charge on any atom is -0.370 e. The first-order valence-electron chi connectivity index (χ1n) is 7.03. The predicted octanol–water partition coefficient (Wildman–Crippen LogP) is 2.45. The van der Waals surface area contributed by atoms with Gasteiger partial charge in [0.15, 0.2) is 5.96 Å². The van der Waals surface area contributed by atoms with Crippen LogP contribution in [0, 0.1) is 0 Å². The third-order valence-electron chi connectivity index (χ3n) is 3.86. The van der Waals surface area contributed by atoms with Crippen LogP contribution in [0.15, 0.2) is 29.3 Å². The van der Waals surface area contributed by atoms with Gasteiger partial charge in [0.05, 0.1) is 6.54 Å². The SMILES string of the molecule is CC1CCCCN1Cc1ccccc1CN=C(N)N.I. The third kappa shape index (κ3) is 4.94. The van der Waals surface area contributed by atoms with Crippen molar-refractivity contribution in [3.8, 4) is 0 Å². The number of guanidine groups is 1. The van der Waals surface area contributed by atoms with Crippen molar-refractivity contribution in [1.82, 2.24) is 4.90 Å². The molecule has 1 aliphatic heterocycles. The van der Waals surface area contributed by atoms with Gasteiger partial charge in [-0.05, 0) is 37.4 Å². The lowest BCUT2D eigenvalue weighted by Crippen LogP contribution is -2.37. The van der Waals surface area contributed by atoms with Gasteiger partial charge in [0, 0.05) is 12.6 Å². The summed E-state index contributed by atoms with van der Waals surface area (Å²) in [4.78, 5) is 6.67. The molecule has 1 unspecified atom stereocenters. The molecule has 1 fully saturated rings. The van der Waals surface area contributed by atoms with Crippen molar-refractivity contribution < 1.29 is 0 Å². The lowest BCUT2D eigenvalue weighted by atomic mass is 10.0. The first-order chi connectivity index (χ1) is 9.16. The summed E-state index contributed by atoms with van der Waals surface area (Å²) in [5.41, 5.74) is 13.4. The molecule has 20 heavy (non-hydrogen) atoms. The van der Waals surface area contributed by atoms with Gasteiger partial charge in [-0.25, -0.2) is 4.99 Å². The zero-order chi connectivity index (χ0) is 13.7. The summed E-state index contributed by atoms with van der Waals surface area (Å²) in [6, 6.07) is 9.09. The number of rotatable bonds is 4. The molecule has 1 atom stereocenters. The number of aliphatic imine (C=N–C) groups is 1. The molecule has 0 bridgehead atoms. The fourth-order valence-electron chi connectivity index (χ4n) is 2.65. The maximum absolute atomic E-state index is 5.41. The maximum Gasteiger partial charge on any atom is 0.186 e. The van der Waals surface area contributed by atoms with Crippen LogP contribution in [0.3, 0.4) is 0 Å². The number of halogens is 1. The molecule has 112 valence electrons. The fraction of sp³-hybridized carbons (Fsp3) is 0.533. The topological polar surface area (TPSA) is 67.6 Å². The average molecular weight is 388 g/mol. The monoisotopic (exact) mass is 388 g/mol. The molecule has 1 aliphatic rings. The highest BCUT2D eigenvalue weighted by molar-refractivity contribution is 14.0. The predicted molar refractivity (Wildman–Crippen MR) is 95.1 cm³/mol. The van der Waals surface area contributed by atoms with Crippen molar-refractivity contribution in [1.29, 1.82) is 0 Å². The van der Waals surface area contributed by atoms with Crippen LogP contribution in [0.1, 0.15) is 37.3 Å². The Bertz CT molecular complexity index is 443. The Morgan fingerprint density at radius 3 is 2.60 bits per heavy atom. The molecule has 0 radical (unpaired) electrons. The largest absolute Gasteiger partial charge is 0.370 e. The maximum atomic E-state index is 5.41. The Morgan fingerprint density at radius 2 is 1.95 bits per heavy atom. The Balaban J connectivity index is 0.00000200. The first kappa shape index (κ1) is 17.2. The molecule has 0 spiro atoms. The van der Waals surface area contributed by atoms with Crippen molar-refractivity contribution >= 4 is 29.9 Å². The van der Waals surface area contributed by atoms with E-state index in [-0.39, 0.29) is 29.9 Å². The molecule has 4 N–H and O–H groups in total. The van der Waals surface area contributed by atoms with Gasteiger partial charge in [0.25, 0.3) is 0 Å². The normalized spacial score (nSPS) is 19.1. The summed E-state index contributed by atoms with van der Waals surface area (Å²) in [6.45, 7) is 5.08. The molecule has 2 rings (SSSR count). The van der Waals surface area contributed by atoms with E-state index >= 15 is 0 Å². The number of hydrogen-bond donors (Lipinski definition) is 2. The van der Waals surface area contributed by atoms with E-state index in [1.165, 1.54) is 36.9 Å². The van der Waals surface area contributed by atoms with Crippen LogP contribution < -0.4 is 11.5 Å². The summed E-state index contributed by atoms with van der Waals surface area (Å²) < 4.78 is 0. The van der Waals surface area contributed by atoms with Gasteiger partial charge in [0.2, 0.25) is 0 Å². The molecule has 0 aliphatic carbocycles. The van der Waals surface area contributed by atoms with Crippen LogP contribution in [0.25, 0.3) is 0 Å². The van der Waals surface area contributed by atoms with Crippen LogP contribution in [-0.4, -0.2) is 23.4 Å². The lowest BCUT2D eigenvalue weighted by Gasteiger charge is -2.33. The smallest absolute Gasteiger partial charge is 0.186 e. The van der Waals surface area contributed by atoms with Gasteiger partial charge < -0.3 is 11.5 Å². The quantitative estimate of drug-likeness (QED) is 0.473. The molecule has 1 saturated heterocycles. The van der Waals surface area contributed by atoms with E-state index < -0.39 is 0 Å². The molecular formula is C15H25IN4. The Labute approximate surface area is 138 Å². The van der Waals surface area contributed by atoms with Crippen LogP contribution in [0.5, 0.6) is 0 Å². The first-order valence-corrected chi connectivity index (χ1v) is 7.03. The second-order valence-corrected chi connectivity index (χ2v) is 5.33. The minimum absolute atomic E-state index is 0. The van der Waals surface area contributed by atoms with Crippen molar-refractivity contribution in [2.24, 2.45) is 16.5 Å². The molecular weight excluding hydrogens is 363 g/mol. The summed E-state index contributed by atoms with van der Waals surface area (Å²) in [5, 5.41) is 0. The van der Waals surface area contributed by atoms with Crippen molar-refractivity contribution in [2.75, 3.05) is 6.54 Å². The van der Waals surface area contributed by atoms with Gasteiger partial charge in [-0.3, -0.25) is 4.90 Å².